The number of carbonyl (C=O) groups excluding carboxylic acids is 2. The molecule has 0 saturated carbocycles. The molecule has 0 aliphatic rings. The lowest BCUT2D eigenvalue weighted by Gasteiger charge is -2.30. The Morgan fingerprint density at radius 1 is 1.03 bits per heavy atom. The Morgan fingerprint density at radius 2 is 1.63 bits per heavy atom. The number of anilines is 1. The molecule has 0 fully saturated rings. The molecule has 0 aliphatic carbocycles. The Bertz CT molecular complexity index is 880. The van der Waals surface area contributed by atoms with Gasteiger partial charge in [0.15, 0.2) is 16.6 Å². The highest BCUT2D eigenvalue weighted by atomic mass is 79.9. The molecule has 1 heterocycles. The number of nitrogens with one attached hydrogen (secondary N) is 2. The largest absolute Gasteiger partial charge is 0.507 e. The second kappa shape index (κ2) is 11.1. The lowest BCUT2D eigenvalue weighted by molar-refractivity contribution is 0.0934. The van der Waals surface area contributed by atoms with Gasteiger partial charge >= 0.3 is 0 Å². The molecule has 11 heteroatoms. The number of halogens is 1. The second-order valence-electron chi connectivity index (χ2n) is 7.03. The van der Waals surface area contributed by atoms with Gasteiger partial charge in [-0.15, -0.1) is 28.3 Å². The summed E-state index contributed by atoms with van der Waals surface area (Å²) in [6.45, 7) is 9.57. The van der Waals surface area contributed by atoms with Crippen molar-refractivity contribution in [2.24, 2.45) is 0 Å². The molecule has 2 rings (SSSR count). The average molecular weight is 503 g/mol. The van der Waals surface area contributed by atoms with Crippen LogP contribution in [0.2, 0.25) is 0 Å². The van der Waals surface area contributed by atoms with Crippen LogP contribution in [0.3, 0.4) is 0 Å². The van der Waals surface area contributed by atoms with Gasteiger partial charge in [0.05, 0.1) is 5.56 Å². The zero-order valence-electron chi connectivity index (χ0n) is 17.2. The minimum Gasteiger partial charge on any atom is -0.507 e. The second-order valence-corrected chi connectivity index (χ2v) is 7.89. The quantitative estimate of drug-likeness (QED) is 0.276. The molecule has 9 nitrogen and oxygen atoms in total. The fourth-order valence-electron chi connectivity index (χ4n) is 2.85. The first-order valence-corrected chi connectivity index (χ1v) is 10.0. The molecule has 0 saturated heterocycles. The third-order valence-corrected chi connectivity index (χ3v) is 5.03. The van der Waals surface area contributed by atoms with Gasteiger partial charge in [0, 0.05) is 42.7 Å². The summed E-state index contributed by atoms with van der Waals surface area (Å²) in [6, 6.07) is 2.53. The number of phenolic OH excluding ortho intramolecular Hbond substituents is 3. The maximum Gasteiger partial charge on any atom is 0.270 e. The van der Waals surface area contributed by atoms with E-state index in [0.717, 1.165) is 23.5 Å². The van der Waals surface area contributed by atoms with Crippen LogP contribution >= 0.6 is 28.3 Å². The molecular weight excluding hydrogens is 476 g/mol. The van der Waals surface area contributed by atoms with Crippen LogP contribution < -0.4 is 10.6 Å². The number of amides is 2. The van der Waals surface area contributed by atoms with Crippen LogP contribution in [0.1, 0.15) is 48.5 Å². The van der Waals surface area contributed by atoms with E-state index in [-0.39, 0.29) is 39.3 Å². The highest BCUT2D eigenvalue weighted by Crippen LogP contribution is 2.32. The number of thiazole rings is 1. The van der Waals surface area contributed by atoms with E-state index in [2.05, 4.69) is 48.2 Å². The van der Waals surface area contributed by atoms with Crippen molar-refractivity contribution in [2.75, 3.05) is 18.4 Å². The maximum atomic E-state index is 12.3. The number of hydrogen-bond donors (Lipinski definition) is 5. The number of phenols is 3. The fraction of sp³-hybridized carbons (Fsp3) is 0.421. The Labute approximate surface area is 189 Å². The topological polar surface area (TPSA) is 135 Å². The minimum absolute atomic E-state index is 0. The monoisotopic (exact) mass is 502 g/mol. The van der Waals surface area contributed by atoms with Crippen molar-refractivity contribution in [3.63, 3.8) is 0 Å². The molecule has 0 unspecified atom stereocenters. The van der Waals surface area contributed by atoms with E-state index in [9.17, 15) is 24.9 Å². The number of benzene rings is 1. The van der Waals surface area contributed by atoms with E-state index in [1.165, 1.54) is 5.38 Å². The van der Waals surface area contributed by atoms with E-state index in [1.807, 2.05) is 0 Å². The number of hydrogen-bond acceptors (Lipinski definition) is 8. The van der Waals surface area contributed by atoms with Gasteiger partial charge in [0.1, 0.15) is 11.4 Å². The van der Waals surface area contributed by atoms with Crippen LogP contribution in [0.15, 0.2) is 17.5 Å². The predicted molar refractivity (Wildman–Crippen MR) is 121 cm³/mol. The normalized spacial score (nSPS) is 10.9. The zero-order valence-corrected chi connectivity index (χ0v) is 19.7. The van der Waals surface area contributed by atoms with Crippen molar-refractivity contribution in [1.82, 2.24) is 15.2 Å². The number of carbonyl (C=O) groups is 2. The van der Waals surface area contributed by atoms with Crippen molar-refractivity contribution in [3.05, 3.63) is 28.8 Å². The van der Waals surface area contributed by atoms with E-state index < -0.39 is 23.2 Å². The highest BCUT2D eigenvalue weighted by Gasteiger charge is 2.18. The Morgan fingerprint density at radius 3 is 2.23 bits per heavy atom. The molecule has 1 aromatic carbocycles. The minimum atomic E-state index is -0.733. The van der Waals surface area contributed by atoms with Crippen LogP contribution in [0.25, 0.3) is 0 Å². The molecule has 2 aromatic rings. The average Bonchev–Trinajstić information content (AvgIpc) is 3.09. The van der Waals surface area contributed by atoms with Crippen LogP contribution in [0.5, 0.6) is 17.2 Å². The van der Waals surface area contributed by atoms with Gasteiger partial charge in [-0.25, -0.2) is 4.98 Å². The zero-order chi connectivity index (χ0) is 21.7. The van der Waals surface area contributed by atoms with Crippen molar-refractivity contribution in [1.29, 1.82) is 0 Å². The lowest BCUT2D eigenvalue weighted by atomic mass is 10.1. The molecule has 0 aliphatic heterocycles. The molecule has 30 heavy (non-hydrogen) atoms. The summed E-state index contributed by atoms with van der Waals surface area (Å²) in [5, 5.41) is 35.5. The first-order valence-electron chi connectivity index (χ1n) is 9.16. The van der Waals surface area contributed by atoms with Gasteiger partial charge in [-0.3, -0.25) is 19.8 Å². The van der Waals surface area contributed by atoms with E-state index in [4.69, 9.17) is 0 Å². The van der Waals surface area contributed by atoms with Crippen LogP contribution in [-0.4, -0.2) is 62.2 Å². The van der Waals surface area contributed by atoms with Gasteiger partial charge in [0.2, 0.25) is 0 Å². The smallest absolute Gasteiger partial charge is 0.270 e. The number of rotatable bonds is 8. The molecule has 1 aromatic heterocycles. The summed E-state index contributed by atoms with van der Waals surface area (Å²) in [7, 11) is 0. The summed E-state index contributed by atoms with van der Waals surface area (Å²) in [6.07, 6.45) is 0. The van der Waals surface area contributed by atoms with Gasteiger partial charge in [0.25, 0.3) is 11.8 Å². The summed E-state index contributed by atoms with van der Waals surface area (Å²) >= 11 is 1.06. The molecule has 0 radical (unpaired) electrons. The van der Waals surface area contributed by atoms with Crippen molar-refractivity contribution < 1.29 is 24.9 Å². The van der Waals surface area contributed by atoms with E-state index in [1.54, 1.807) is 0 Å². The third-order valence-electron chi connectivity index (χ3n) is 4.28. The molecule has 0 atom stereocenters. The molecule has 0 spiro atoms. The summed E-state index contributed by atoms with van der Waals surface area (Å²) in [4.78, 5) is 30.9. The number of aromatic nitrogens is 1. The van der Waals surface area contributed by atoms with Crippen LogP contribution in [0.4, 0.5) is 5.13 Å². The van der Waals surface area contributed by atoms with Crippen molar-refractivity contribution in [2.45, 2.75) is 39.8 Å². The Hall–Kier alpha value is -2.37. The number of aromatic hydroxyl groups is 3. The van der Waals surface area contributed by atoms with Crippen LogP contribution in [0, 0.1) is 0 Å². The van der Waals surface area contributed by atoms with Crippen molar-refractivity contribution in [3.8, 4) is 17.2 Å². The van der Waals surface area contributed by atoms with Gasteiger partial charge in [-0.2, -0.15) is 0 Å². The van der Waals surface area contributed by atoms with Gasteiger partial charge in [-0.05, 0) is 27.7 Å². The van der Waals surface area contributed by atoms with E-state index in [0.29, 0.717) is 25.2 Å². The Balaban J connectivity index is 0.00000450. The first kappa shape index (κ1) is 25.7. The molecule has 0 bridgehead atoms. The maximum absolute atomic E-state index is 12.3. The fourth-order valence-corrected chi connectivity index (χ4v) is 3.54. The summed E-state index contributed by atoms with van der Waals surface area (Å²) in [5.41, 5.74) is -0.0623. The molecule has 2 amide bonds. The van der Waals surface area contributed by atoms with E-state index >= 15 is 0 Å². The SMILES string of the molecule is Br.CC(C)N(CCNC(=O)c1csc(NC(=O)c2cc(O)c(O)cc2O)n1)C(C)C. The predicted octanol–water partition coefficient (Wildman–Crippen LogP) is 2.94. The Kier molecular flexibility index (Phi) is 9.53. The molecular formula is C19H27BrN4O5S. The molecule has 5 N–H and O–H groups in total. The van der Waals surface area contributed by atoms with Gasteiger partial charge < -0.3 is 20.6 Å². The number of nitrogens with zero attached hydrogens (tertiary/aromatic N) is 2. The standard InChI is InChI=1S/C19H26N4O5S.BrH/c1-10(2)23(11(3)4)6-5-20-18(28)13-9-29-19(21-13)22-17(27)12-7-15(25)16(26)8-14(12)24;/h7-11,24-26H,5-6H2,1-4H3,(H,20,28)(H,21,22,27);1H. The van der Waals surface area contributed by atoms with Gasteiger partial charge in [-0.1, -0.05) is 0 Å². The summed E-state index contributed by atoms with van der Waals surface area (Å²) < 4.78 is 0. The van der Waals surface area contributed by atoms with Crippen LogP contribution in [-0.2, 0) is 0 Å². The van der Waals surface area contributed by atoms with Crippen molar-refractivity contribution >= 4 is 45.3 Å². The summed E-state index contributed by atoms with van der Waals surface area (Å²) in [5.74, 6) is -2.65. The molecule has 166 valence electrons. The third kappa shape index (κ3) is 6.57. The highest BCUT2D eigenvalue weighted by molar-refractivity contribution is 8.93. The first-order chi connectivity index (χ1) is 13.6. The lowest BCUT2D eigenvalue weighted by Crippen LogP contribution is -2.42.